The van der Waals surface area contributed by atoms with Crippen LogP contribution in [0.25, 0.3) is 0 Å². The summed E-state index contributed by atoms with van der Waals surface area (Å²) < 4.78 is 5.22. The fourth-order valence-electron chi connectivity index (χ4n) is 3.54. The summed E-state index contributed by atoms with van der Waals surface area (Å²) in [7, 11) is 0. The van der Waals surface area contributed by atoms with Gasteiger partial charge in [0.25, 0.3) is 0 Å². The first-order valence-electron chi connectivity index (χ1n) is 8.23. The molecule has 0 bridgehead atoms. The normalized spacial score (nSPS) is 23.7. The van der Waals surface area contributed by atoms with Crippen LogP contribution in [0.15, 0.2) is 18.2 Å². The summed E-state index contributed by atoms with van der Waals surface area (Å²) in [6.45, 7) is 8.23. The van der Waals surface area contributed by atoms with Gasteiger partial charge in [-0.1, -0.05) is 30.7 Å². The highest BCUT2D eigenvalue weighted by atomic mass is 16.6. The van der Waals surface area contributed by atoms with Gasteiger partial charge in [-0.25, -0.2) is 4.79 Å². The lowest BCUT2D eigenvalue weighted by molar-refractivity contribution is -0.134. The smallest absolute Gasteiger partial charge is 0.410 e. The minimum absolute atomic E-state index is 0.130. The van der Waals surface area contributed by atoms with Gasteiger partial charge in [0.2, 0.25) is 5.91 Å². The summed E-state index contributed by atoms with van der Waals surface area (Å²) in [5, 5.41) is 0. The van der Waals surface area contributed by atoms with Gasteiger partial charge in [-0.3, -0.25) is 9.69 Å². The molecule has 2 heterocycles. The van der Waals surface area contributed by atoms with Gasteiger partial charge in [-0.2, -0.15) is 0 Å². The number of cyclic esters (lactones) is 1. The van der Waals surface area contributed by atoms with Gasteiger partial charge in [0, 0.05) is 19.6 Å². The molecule has 1 atom stereocenters. The van der Waals surface area contributed by atoms with Gasteiger partial charge >= 0.3 is 6.09 Å². The molecule has 2 fully saturated rings. The second-order valence-corrected chi connectivity index (χ2v) is 6.71. The molecule has 0 saturated carbocycles. The monoisotopic (exact) mass is 316 g/mol. The molecule has 5 heteroatoms. The fourth-order valence-corrected chi connectivity index (χ4v) is 3.54. The Labute approximate surface area is 137 Å². The van der Waals surface area contributed by atoms with E-state index in [2.05, 4.69) is 18.2 Å². The maximum Gasteiger partial charge on any atom is 0.410 e. The summed E-state index contributed by atoms with van der Waals surface area (Å²) in [6.07, 6.45) is 0.974. The number of fused-ring (bicyclic) bond motifs is 1. The summed E-state index contributed by atoms with van der Waals surface area (Å²) in [4.78, 5) is 28.3. The molecular formula is C18H24N2O3. The number of hydrogen-bond donors (Lipinski definition) is 0. The molecule has 0 radical (unpaired) electrons. The van der Waals surface area contributed by atoms with E-state index in [1.807, 2.05) is 25.7 Å². The average Bonchev–Trinajstić information content (AvgIpc) is 2.88. The lowest BCUT2D eigenvalue weighted by Crippen LogP contribution is -2.62. The molecule has 0 spiro atoms. The third kappa shape index (κ3) is 2.80. The van der Waals surface area contributed by atoms with Crippen LogP contribution >= 0.6 is 0 Å². The molecule has 3 rings (SSSR count). The van der Waals surface area contributed by atoms with Crippen molar-refractivity contribution in [3.63, 3.8) is 0 Å². The van der Waals surface area contributed by atoms with Crippen molar-refractivity contribution in [2.24, 2.45) is 0 Å². The molecule has 23 heavy (non-hydrogen) atoms. The van der Waals surface area contributed by atoms with Crippen molar-refractivity contribution in [3.05, 3.63) is 34.9 Å². The van der Waals surface area contributed by atoms with Crippen LogP contribution in [0.5, 0.6) is 0 Å². The number of aryl methyl sites for hydroxylation is 2. The highest BCUT2D eigenvalue weighted by Crippen LogP contribution is 2.32. The molecule has 5 nitrogen and oxygen atoms in total. The zero-order chi connectivity index (χ0) is 16.6. The molecule has 0 aliphatic carbocycles. The van der Waals surface area contributed by atoms with Gasteiger partial charge in [-0.05, 0) is 31.4 Å². The Kier molecular flexibility index (Phi) is 4.04. The van der Waals surface area contributed by atoms with Crippen LogP contribution in [0, 0.1) is 13.8 Å². The summed E-state index contributed by atoms with van der Waals surface area (Å²) in [5.41, 5.74) is 3.06. The fraction of sp³-hybridized carbons (Fsp3) is 0.556. The van der Waals surface area contributed by atoms with Gasteiger partial charge < -0.3 is 9.64 Å². The molecule has 2 saturated heterocycles. The van der Waals surface area contributed by atoms with Crippen molar-refractivity contribution in [1.82, 2.24) is 9.80 Å². The van der Waals surface area contributed by atoms with Crippen molar-refractivity contribution in [2.75, 3.05) is 26.2 Å². The molecule has 2 aliphatic heterocycles. The van der Waals surface area contributed by atoms with E-state index in [-0.39, 0.29) is 17.5 Å². The number of nitrogens with zero attached hydrogens (tertiary/aromatic N) is 2. The third-order valence-corrected chi connectivity index (χ3v) is 5.19. The second-order valence-electron chi connectivity index (χ2n) is 6.71. The maximum absolute atomic E-state index is 12.7. The number of carbonyl (C=O) groups excluding carboxylic acids is 2. The largest absolute Gasteiger partial charge is 0.447 e. The van der Waals surface area contributed by atoms with Crippen molar-refractivity contribution >= 4 is 12.0 Å². The van der Waals surface area contributed by atoms with Crippen LogP contribution < -0.4 is 0 Å². The van der Waals surface area contributed by atoms with E-state index < -0.39 is 0 Å². The predicted octanol–water partition coefficient (Wildman–Crippen LogP) is 2.29. The predicted molar refractivity (Wildman–Crippen MR) is 87.3 cm³/mol. The maximum atomic E-state index is 12.7. The van der Waals surface area contributed by atoms with Crippen LogP contribution in [-0.2, 0) is 16.0 Å². The van der Waals surface area contributed by atoms with Crippen molar-refractivity contribution < 1.29 is 14.3 Å². The Morgan fingerprint density at radius 3 is 2.83 bits per heavy atom. The van der Waals surface area contributed by atoms with E-state index in [4.69, 9.17) is 4.74 Å². The van der Waals surface area contributed by atoms with E-state index in [0.717, 1.165) is 17.5 Å². The van der Waals surface area contributed by atoms with Crippen LogP contribution in [0.2, 0.25) is 0 Å². The van der Waals surface area contributed by atoms with Crippen molar-refractivity contribution in [3.8, 4) is 0 Å². The summed E-state index contributed by atoms with van der Waals surface area (Å²) in [5.74, 6) is 0.130. The van der Waals surface area contributed by atoms with Crippen molar-refractivity contribution in [2.45, 2.75) is 39.2 Å². The molecular weight excluding hydrogens is 292 g/mol. The summed E-state index contributed by atoms with van der Waals surface area (Å²) >= 11 is 0. The number of rotatable bonds is 3. The van der Waals surface area contributed by atoms with Gasteiger partial charge in [0.15, 0.2) is 0 Å². The van der Waals surface area contributed by atoms with E-state index in [0.29, 0.717) is 32.7 Å². The lowest BCUT2D eigenvalue weighted by atomic mass is 9.92. The first-order valence-corrected chi connectivity index (χ1v) is 8.23. The molecule has 2 aliphatic rings. The summed E-state index contributed by atoms with van der Waals surface area (Å²) in [6, 6.07) is 6.21. The molecule has 0 N–H and O–H groups in total. The molecule has 124 valence electrons. The molecule has 2 amide bonds. The first kappa shape index (κ1) is 15.8. The van der Waals surface area contributed by atoms with Crippen LogP contribution in [0.3, 0.4) is 0 Å². The first-order chi connectivity index (χ1) is 10.9. The minimum atomic E-state index is -0.341. The molecule has 1 unspecified atom stereocenters. The minimum Gasteiger partial charge on any atom is -0.447 e. The van der Waals surface area contributed by atoms with Crippen LogP contribution in [-0.4, -0.2) is 53.6 Å². The number of hydrogen-bond acceptors (Lipinski definition) is 3. The van der Waals surface area contributed by atoms with E-state index >= 15 is 0 Å². The quantitative estimate of drug-likeness (QED) is 0.860. The molecule has 1 aromatic carbocycles. The number of piperazine rings is 1. The number of carbonyl (C=O) groups is 2. The second kappa shape index (κ2) is 5.87. The van der Waals surface area contributed by atoms with Gasteiger partial charge in [0.1, 0.15) is 6.61 Å². The Bertz CT molecular complexity index is 643. The highest BCUT2D eigenvalue weighted by Gasteiger charge is 2.50. The standard InChI is InChI=1S/C18H24N2O3/c1-4-18-11-19(7-8-20(18)17(22)23-12-18)16(21)10-15-9-13(2)5-6-14(15)3/h5-6,9H,4,7-8,10-12H2,1-3H3. The van der Waals surface area contributed by atoms with Crippen LogP contribution in [0.4, 0.5) is 4.79 Å². The number of benzene rings is 1. The van der Waals surface area contributed by atoms with E-state index in [1.54, 1.807) is 4.90 Å². The van der Waals surface area contributed by atoms with E-state index in [9.17, 15) is 9.59 Å². The third-order valence-electron chi connectivity index (χ3n) is 5.19. The topological polar surface area (TPSA) is 49.9 Å². The Balaban J connectivity index is 1.74. The average molecular weight is 316 g/mol. The van der Waals surface area contributed by atoms with Crippen LogP contribution in [0.1, 0.15) is 30.0 Å². The zero-order valence-electron chi connectivity index (χ0n) is 14.1. The Morgan fingerprint density at radius 1 is 1.30 bits per heavy atom. The molecule has 0 aromatic heterocycles. The zero-order valence-corrected chi connectivity index (χ0v) is 14.1. The Hall–Kier alpha value is -2.04. The Morgan fingerprint density at radius 2 is 2.09 bits per heavy atom. The lowest BCUT2D eigenvalue weighted by Gasteiger charge is -2.44. The number of amides is 2. The highest BCUT2D eigenvalue weighted by molar-refractivity contribution is 5.80. The van der Waals surface area contributed by atoms with Gasteiger partial charge in [-0.15, -0.1) is 0 Å². The van der Waals surface area contributed by atoms with Gasteiger partial charge in [0.05, 0.1) is 12.0 Å². The number of ether oxygens (including phenoxy) is 1. The SMILES string of the molecule is CCC12COC(=O)N1CCN(C(=O)Cc1cc(C)ccc1C)C2. The van der Waals surface area contributed by atoms with E-state index in [1.165, 1.54) is 5.56 Å². The molecule has 1 aromatic rings. The van der Waals surface area contributed by atoms with Crippen molar-refractivity contribution in [1.29, 1.82) is 0 Å².